The lowest BCUT2D eigenvalue weighted by atomic mass is 9.98. The van der Waals surface area contributed by atoms with Crippen LogP contribution in [0, 0.1) is 11.8 Å². The molecule has 1 aromatic heterocycles. The second-order valence-corrected chi connectivity index (χ2v) is 13.0. The smallest absolute Gasteiger partial charge is 0.305 e. The summed E-state index contributed by atoms with van der Waals surface area (Å²) in [6.07, 6.45) is 1.28. The summed E-state index contributed by atoms with van der Waals surface area (Å²) >= 11 is 1.31. The van der Waals surface area contributed by atoms with Gasteiger partial charge in [-0.3, -0.25) is 28.8 Å². The van der Waals surface area contributed by atoms with E-state index in [0.29, 0.717) is 0 Å². The van der Waals surface area contributed by atoms with E-state index in [1.54, 1.807) is 20.0 Å². The van der Waals surface area contributed by atoms with Crippen LogP contribution in [0.1, 0.15) is 46.1 Å². The fourth-order valence-corrected chi connectivity index (χ4v) is 6.64. The molecule has 6 N–H and O–H groups in total. The molecule has 0 unspecified atom stereocenters. The second-order valence-electron chi connectivity index (χ2n) is 12.0. The average molecular weight is 629 g/mol. The average Bonchev–Trinajstić information content (AvgIpc) is 3.61. The molecule has 0 spiro atoms. The van der Waals surface area contributed by atoms with Gasteiger partial charge in [0.15, 0.2) is 0 Å². The zero-order valence-electron chi connectivity index (χ0n) is 25.2. The van der Waals surface area contributed by atoms with Gasteiger partial charge in [-0.1, -0.05) is 45.9 Å². The first-order chi connectivity index (χ1) is 20.8. The number of benzene rings is 1. The Labute approximate surface area is 259 Å². The van der Waals surface area contributed by atoms with Crippen LogP contribution in [0.5, 0.6) is 0 Å². The molecule has 2 fully saturated rings. The summed E-state index contributed by atoms with van der Waals surface area (Å²) in [6.45, 7) is 7.29. The number of para-hydroxylation sites is 1. The number of carbonyl (C=O) groups is 6. The Hall–Kier alpha value is -4.07. The summed E-state index contributed by atoms with van der Waals surface area (Å²) in [5, 5.41) is 21.3. The molecule has 2 saturated heterocycles. The Balaban J connectivity index is 1.76. The van der Waals surface area contributed by atoms with Crippen LogP contribution in [0.15, 0.2) is 30.5 Å². The Morgan fingerprint density at radius 3 is 2.25 bits per heavy atom. The maximum Gasteiger partial charge on any atom is 0.305 e. The molecule has 14 heteroatoms. The fraction of sp³-hybridized carbons (Fsp3) is 0.533. The summed E-state index contributed by atoms with van der Waals surface area (Å²) in [7, 11) is 0. The zero-order valence-corrected chi connectivity index (χ0v) is 26.0. The highest BCUT2D eigenvalue weighted by atomic mass is 32.2. The maximum absolute atomic E-state index is 13.8. The SMILES string of the molecule is CC(C)C[C@H]1NC(=O)[C@H](C(C)C)NC(=O)[C@H]2CSCN2C(=O)[C@H](CC(=O)O)NC(=O)[C@H](Cc2c[nH]c3ccccc23)NC1=O. The molecule has 0 bridgehead atoms. The highest BCUT2D eigenvalue weighted by molar-refractivity contribution is 7.99. The lowest BCUT2D eigenvalue weighted by Crippen LogP contribution is -2.59. The molecule has 5 amide bonds. The van der Waals surface area contributed by atoms with E-state index in [0.717, 1.165) is 16.5 Å². The lowest BCUT2D eigenvalue weighted by molar-refractivity contribution is -0.146. The van der Waals surface area contributed by atoms with Gasteiger partial charge in [0.05, 0.1) is 12.3 Å². The molecule has 13 nitrogen and oxygen atoms in total. The first-order valence-electron chi connectivity index (χ1n) is 14.7. The number of thioether (sulfide) groups is 1. The number of nitrogens with zero attached hydrogens (tertiary/aromatic N) is 1. The van der Waals surface area contributed by atoms with Gasteiger partial charge in [-0.2, -0.15) is 0 Å². The number of fused-ring (bicyclic) bond motifs is 2. The van der Waals surface area contributed by atoms with Crippen molar-refractivity contribution in [1.82, 2.24) is 31.2 Å². The minimum absolute atomic E-state index is 0.0113. The van der Waals surface area contributed by atoms with Crippen molar-refractivity contribution in [2.45, 2.75) is 77.2 Å². The Kier molecular flexibility index (Phi) is 10.6. The van der Waals surface area contributed by atoms with Gasteiger partial charge in [0, 0.05) is 29.3 Å². The third-order valence-corrected chi connectivity index (χ3v) is 8.79. The number of amides is 5. The molecular formula is C30H40N6O7S. The van der Waals surface area contributed by atoms with E-state index < -0.39 is 72.1 Å². The van der Waals surface area contributed by atoms with Gasteiger partial charge < -0.3 is 36.3 Å². The molecule has 4 rings (SSSR count). The Bertz CT molecular complexity index is 1430. The number of aliphatic carboxylic acids is 1. The van der Waals surface area contributed by atoms with Crippen LogP contribution >= 0.6 is 11.8 Å². The number of H-pyrrole nitrogens is 1. The standard InChI is InChI=1S/C30H40N6O7S/c1-15(2)9-20-26(39)32-21(10-17-12-31-19-8-6-5-7-18(17)19)27(40)34-22(11-24(37)38)30(43)36-14-44-13-23(36)28(41)35-25(16(3)4)29(42)33-20/h5-8,12,15-16,20-23,25,31H,9-11,13-14H2,1-4H3,(H,32,39)(H,33,42)(H,34,40)(H,35,41)(H,37,38)/t20-,21+,22+,23-,25+/m1/s1. The second kappa shape index (κ2) is 14.1. The van der Waals surface area contributed by atoms with Gasteiger partial charge in [0.25, 0.3) is 0 Å². The van der Waals surface area contributed by atoms with E-state index >= 15 is 0 Å². The number of carboxylic acid groups (broad SMARTS) is 1. The molecular weight excluding hydrogens is 588 g/mol. The van der Waals surface area contributed by atoms with E-state index in [2.05, 4.69) is 26.3 Å². The number of rotatable bonds is 7. The monoisotopic (exact) mass is 628 g/mol. The van der Waals surface area contributed by atoms with Crippen LogP contribution in [0.4, 0.5) is 0 Å². The minimum atomic E-state index is -1.49. The van der Waals surface area contributed by atoms with Crippen molar-refractivity contribution in [2.24, 2.45) is 11.8 Å². The predicted octanol–water partition coefficient (Wildman–Crippen LogP) is 0.742. The van der Waals surface area contributed by atoms with Gasteiger partial charge >= 0.3 is 5.97 Å². The van der Waals surface area contributed by atoms with Crippen molar-refractivity contribution in [1.29, 1.82) is 0 Å². The molecule has 2 aliphatic heterocycles. The predicted molar refractivity (Wildman–Crippen MR) is 164 cm³/mol. The number of carbonyl (C=O) groups excluding carboxylic acids is 5. The van der Waals surface area contributed by atoms with E-state index in [-0.39, 0.29) is 36.3 Å². The van der Waals surface area contributed by atoms with Crippen molar-refractivity contribution >= 4 is 58.2 Å². The van der Waals surface area contributed by atoms with Crippen molar-refractivity contribution < 1.29 is 33.9 Å². The molecule has 0 saturated carbocycles. The molecule has 3 heterocycles. The minimum Gasteiger partial charge on any atom is -0.481 e. The van der Waals surface area contributed by atoms with Crippen molar-refractivity contribution in [2.75, 3.05) is 11.6 Å². The van der Waals surface area contributed by atoms with Crippen molar-refractivity contribution in [3.63, 3.8) is 0 Å². The first kappa shape index (κ1) is 32.8. The van der Waals surface area contributed by atoms with Crippen molar-refractivity contribution in [3.05, 3.63) is 36.0 Å². The highest BCUT2D eigenvalue weighted by Gasteiger charge is 2.42. The normalized spacial score (nSPS) is 25.6. The maximum atomic E-state index is 13.8. The van der Waals surface area contributed by atoms with Gasteiger partial charge in [0.2, 0.25) is 29.5 Å². The van der Waals surface area contributed by atoms with E-state index in [1.165, 1.54) is 16.7 Å². The lowest BCUT2D eigenvalue weighted by Gasteiger charge is -2.30. The molecule has 2 aromatic rings. The third-order valence-electron chi connectivity index (χ3n) is 7.78. The summed E-state index contributed by atoms with van der Waals surface area (Å²) in [6, 6.07) is 1.72. The van der Waals surface area contributed by atoms with Gasteiger partial charge in [-0.15, -0.1) is 11.8 Å². The summed E-state index contributed by atoms with van der Waals surface area (Å²) in [5.41, 5.74) is 1.54. The number of hydrogen-bond donors (Lipinski definition) is 6. The van der Waals surface area contributed by atoms with Crippen LogP contribution in [-0.4, -0.2) is 92.3 Å². The summed E-state index contributed by atoms with van der Waals surface area (Å²) in [5.74, 6) is -4.60. The number of aromatic amines is 1. The van der Waals surface area contributed by atoms with E-state index in [1.807, 2.05) is 38.1 Å². The first-order valence-corrected chi connectivity index (χ1v) is 15.9. The molecule has 5 atom stereocenters. The highest BCUT2D eigenvalue weighted by Crippen LogP contribution is 2.24. The fourth-order valence-electron chi connectivity index (χ4n) is 5.48. The zero-order chi connectivity index (χ0) is 32.1. The van der Waals surface area contributed by atoms with E-state index in [9.17, 15) is 33.9 Å². The number of aromatic nitrogens is 1. The van der Waals surface area contributed by atoms with Crippen LogP contribution < -0.4 is 21.3 Å². The van der Waals surface area contributed by atoms with E-state index in [4.69, 9.17) is 0 Å². The molecule has 238 valence electrons. The number of carboxylic acids is 1. The molecule has 1 aromatic carbocycles. The van der Waals surface area contributed by atoms with Gasteiger partial charge in [-0.05, 0) is 29.9 Å². The number of nitrogens with one attached hydrogen (secondary N) is 5. The van der Waals surface area contributed by atoms with Gasteiger partial charge in [-0.25, -0.2) is 0 Å². The molecule has 0 radical (unpaired) electrons. The van der Waals surface area contributed by atoms with Crippen LogP contribution in [0.2, 0.25) is 0 Å². The molecule has 2 aliphatic rings. The summed E-state index contributed by atoms with van der Waals surface area (Å²) < 4.78 is 0. The van der Waals surface area contributed by atoms with Crippen LogP contribution in [0.25, 0.3) is 10.9 Å². The van der Waals surface area contributed by atoms with Crippen LogP contribution in [0.3, 0.4) is 0 Å². The summed E-state index contributed by atoms with van der Waals surface area (Å²) in [4.78, 5) is 84.3. The Morgan fingerprint density at radius 1 is 0.909 bits per heavy atom. The molecule has 0 aliphatic carbocycles. The van der Waals surface area contributed by atoms with Gasteiger partial charge in [0.1, 0.15) is 30.2 Å². The Morgan fingerprint density at radius 2 is 1.57 bits per heavy atom. The molecule has 44 heavy (non-hydrogen) atoms. The largest absolute Gasteiger partial charge is 0.481 e. The quantitative estimate of drug-likeness (QED) is 0.259. The number of hydrogen-bond acceptors (Lipinski definition) is 7. The topological polar surface area (TPSA) is 190 Å². The van der Waals surface area contributed by atoms with Crippen molar-refractivity contribution in [3.8, 4) is 0 Å². The third kappa shape index (κ3) is 7.71. The van der Waals surface area contributed by atoms with Crippen LogP contribution in [-0.2, 0) is 35.2 Å².